The molecular formula is C35H41F3N8O2. The van der Waals surface area contributed by atoms with E-state index in [0.29, 0.717) is 68.1 Å². The lowest BCUT2D eigenvalue weighted by molar-refractivity contribution is -0.140. The Morgan fingerprint density at radius 1 is 0.979 bits per heavy atom. The number of amides is 3. The van der Waals surface area contributed by atoms with E-state index in [9.17, 15) is 28.0 Å². The Hall–Kier alpha value is -4.75. The van der Waals surface area contributed by atoms with E-state index in [-0.39, 0.29) is 30.2 Å². The maximum absolute atomic E-state index is 13.6. The van der Waals surface area contributed by atoms with Crippen molar-refractivity contribution in [2.75, 3.05) is 51.1 Å². The molecule has 0 atom stereocenters. The first-order valence-electron chi connectivity index (χ1n) is 16.1. The number of carbonyl (C=O) groups excluding carboxylic acids is 2. The van der Waals surface area contributed by atoms with Gasteiger partial charge in [0.25, 0.3) is 0 Å². The molecule has 0 bridgehead atoms. The Balaban J connectivity index is 1.17. The van der Waals surface area contributed by atoms with E-state index in [1.165, 1.54) is 4.57 Å². The fourth-order valence-corrected chi connectivity index (χ4v) is 6.04. The molecule has 0 spiro atoms. The van der Waals surface area contributed by atoms with Gasteiger partial charge >= 0.3 is 12.2 Å². The molecule has 2 N–H and O–H groups in total. The molecule has 5 rings (SSSR count). The van der Waals surface area contributed by atoms with Crippen LogP contribution in [-0.4, -0.2) is 94.2 Å². The molecule has 10 nitrogen and oxygen atoms in total. The highest BCUT2D eigenvalue weighted by Crippen LogP contribution is 2.27. The summed E-state index contributed by atoms with van der Waals surface area (Å²) in [6.45, 7) is 8.21. The second-order valence-corrected chi connectivity index (χ2v) is 12.9. The van der Waals surface area contributed by atoms with Gasteiger partial charge in [0, 0.05) is 69.7 Å². The number of anilines is 1. The number of nitrogens with one attached hydrogen (secondary N) is 2. The van der Waals surface area contributed by atoms with Crippen molar-refractivity contribution in [1.82, 2.24) is 29.6 Å². The Morgan fingerprint density at radius 2 is 1.67 bits per heavy atom. The minimum Gasteiger partial charge on any atom is -0.373 e. The lowest BCUT2D eigenvalue weighted by Crippen LogP contribution is -2.55. The summed E-state index contributed by atoms with van der Waals surface area (Å²) in [6, 6.07) is 13.1. The quantitative estimate of drug-likeness (QED) is 0.355. The van der Waals surface area contributed by atoms with Crippen molar-refractivity contribution in [3.8, 4) is 17.9 Å². The first kappa shape index (κ1) is 34.6. The van der Waals surface area contributed by atoms with E-state index in [2.05, 4.69) is 33.5 Å². The van der Waals surface area contributed by atoms with Crippen LogP contribution >= 0.6 is 0 Å². The van der Waals surface area contributed by atoms with Gasteiger partial charge in [0.15, 0.2) is 0 Å². The van der Waals surface area contributed by atoms with Crippen molar-refractivity contribution >= 4 is 28.5 Å². The van der Waals surface area contributed by atoms with Gasteiger partial charge in [-0.15, -0.1) is 0 Å². The standard InChI is InChI=1S/C35H41F3N8O2/c1-25(47)43-15-17-45(18-16-43)33(48)44-13-10-28(11-14-44)41-21-26-6-8-31-27(19-26)20-30(46(31)24-35(36,37)38)5-4-12-40-29-7-9-32(42-22-29)34(2,3)23-39/h6-9,19-20,22,28,40-41H,10-18,21,24H2,1-3H3. The number of piperidine rings is 1. The van der Waals surface area contributed by atoms with Crippen LogP contribution in [0.2, 0.25) is 0 Å². The number of hydrogen-bond acceptors (Lipinski definition) is 6. The third kappa shape index (κ3) is 8.58. The minimum absolute atomic E-state index is 0.0203. The average molecular weight is 663 g/mol. The third-order valence-corrected chi connectivity index (χ3v) is 8.94. The van der Waals surface area contributed by atoms with Gasteiger partial charge in [-0.25, -0.2) is 4.79 Å². The molecule has 2 fully saturated rings. The molecular weight excluding hydrogens is 621 g/mol. The molecule has 0 saturated carbocycles. The number of urea groups is 1. The van der Waals surface area contributed by atoms with E-state index < -0.39 is 18.1 Å². The summed E-state index contributed by atoms with van der Waals surface area (Å²) in [6.07, 6.45) is -1.20. The number of likely N-dealkylation sites (tertiary alicyclic amines) is 1. The van der Waals surface area contributed by atoms with E-state index >= 15 is 0 Å². The Morgan fingerprint density at radius 3 is 2.29 bits per heavy atom. The van der Waals surface area contributed by atoms with Crippen LogP contribution in [0.4, 0.5) is 23.7 Å². The average Bonchev–Trinajstić information content (AvgIpc) is 3.40. The van der Waals surface area contributed by atoms with Crippen LogP contribution in [0.25, 0.3) is 10.9 Å². The second kappa shape index (κ2) is 14.6. The van der Waals surface area contributed by atoms with E-state index in [1.54, 1.807) is 56.1 Å². The van der Waals surface area contributed by atoms with Gasteiger partial charge in [-0.3, -0.25) is 9.78 Å². The SMILES string of the molecule is CC(=O)N1CCN(C(=O)N2CCC(NCc3ccc4c(c3)cc(C#CCNc3ccc(C(C)(C)C#N)nc3)n4CC(F)(F)F)CC2)CC1. The smallest absolute Gasteiger partial charge is 0.373 e. The molecule has 254 valence electrons. The number of rotatable bonds is 7. The maximum atomic E-state index is 13.6. The van der Waals surface area contributed by atoms with Crippen LogP contribution in [0, 0.1) is 23.2 Å². The number of piperazine rings is 1. The molecule has 1 aromatic carbocycles. The highest BCUT2D eigenvalue weighted by atomic mass is 19.4. The van der Waals surface area contributed by atoms with Crippen molar-refractivity contribution in [3.05, 3.63) is 59.5 Å². The Labute approximate surface area is 278 Å². The summed E-state index contributed by atoms with van der Waals surface area (Å²) < 4.78 is 41.9. The summed E-state index contributed by atoms with van der Waals surface area (Å²) >= 11 is 0. The van der Waals surface area contributed by atoms with Crippen molar-refractivity contribution in [2.45, 2.75) is 64.3 Å². The monoisotopic (exact) mass is 662 g/mol. The molecule has 48 heavy (non-hydrogen) atoms. The highest BCUT2D eigenvalue weighted by molar-refractivity contribution is 5.83. The van der Waals surface area contributed by atoms with Gasteiger partial charge in [0.1, 0.15) is 6.54 Å². The molecule has 3 amide bonds. The van der Waals surface area contributed by atoms with Gasteiger partial charge in [-0.1, -0.05) is 12.0 Å². The van der Waals surface area contributed by atoms with Crippen molar-refractivity contribution in [3.63, 3.8) is 0 Å². The van der Waals surface area contributed by atoms with Gasteiger partial charge in [0.2, 0.25) is 5.91 Å². The number of halogens is 3. The van der Waals surface area contributed by atoms with Crippen LogP contribution in [0.15, 0.2) is 42.6 Å². The predicted molar refractivity (Wildman–Crippen MR) is 177 cm³/mol. The number of nitriles is 1. The molecule has 0 unspecified atom stereocenters. The molecule has 2 aliphatic rings. The summed E-state index contributed by atoms with van der Waals surface area (Å²) in [4.78, 5) is 34.4. The highest BCUT2D eigenvalue weighted by Gasteiger charge is 2.31. The Kier molecular flexibility index (Phi) is 10.5. The van der Waals surface area contributed by atoms with Crippen LogP contribution in [-0.2, 0) is 23.3 Å². The number of pyridine rings is 1. The summed E-state index contributed by atoms with van der Waals surface area (Å²) in [5, 5.41) is 16.6. The second-order valence-electron chi connectivity index (χ2n) is 12.9. The number of nitrogens with zero attached hydrogens (tertiary/aromatic N) is 6. The number of alkyl halides is 3. The zero-order valence-electron chi connectivity index (χ0n) is 27.5. The summed E-state index contributed by atoms with van der Waals surface area (Å²) in [5.41, 5.74) is 2.31. The zero-order valence-corrected chi connectivity index (χ0v) is 27.5. The van der Waals surface area contributed by atoms with Crippen LogP contribution < -0.4 is 10.6 Å². The van der Waals surface area contributed by atoms with Gasteiger partial charge in [0.05, 0.1) is 41.3 Å². The molecule has 0 radical (unpaired) electrons. The van der Waals surface area contributed by atoms with E-state index in [0.717, 1.165) is 18.4 Å². The van der Waals surface area contributed by atoms with Gasteiger partial charge < -0.3 is 29.9 Å². The van der Waals surface area contributed by atoms with E-state index in [1.807, 2.05) is 21.9 Å². The summed E-state index contributed by atoms with van der Waals surface area (Å²) in [7, 11) is 0. The van der Waals surface area contributed by atoms with Gasteiger partial charge in [-0.2, -0.15) is 18.4 Å². The zero-order chi connectivity index (χ0) is 34.5. The molecule has 2 aromatic heterocycles. The number of carbonyl (C=O) groups is 2. The lowest BCUT2D eigenvalue weighted by Gasteiger charge is -2.39. The van der Waals surface area contributed by atoms with Crippen LogP contribution in [0.3, 0.4) is 0 Å². The van der Waals surface area contributed by atoms with E-state index in [4.69, 9.17) is 0 Å². The molecule has 4 heterocycles. The summed E-state index contributed by atoms with van der Waals surface area (Å²) in [5.74, 6) is 5.86. The molecule has 3 aromatic rings. The number of benzene rings is 1. The van der Waals surface area contributed by atoms with Gasteiger partial charge in [-0.05, 0) is 68.5 Å². The molecule has 2 saturated heterocycles. The fourth-order valence-electron chi connectivity index (χ4n) is 6.04. The maximum Gasteiger partial charge on any atom is 0.406 e. The predicted octanol–water partition coefficient (Wildman–Crippen LogP) is 4.70. The molecule has 13 heteroatoms. The molecule has 2 aliphatic heterocycles. The van der Waals surface area contributed by atoms with Crippen molar-refractivity contribution < 1.29 is 22.8 Å². The fraction of sp³-hybridized carbons (Fsp3) is 0.486. The first-order valence-corrected chi connectivity index (χ1v) is 16.1. The number of hydrogen-bond donors (Lipinski definition) is 2. The third-order valence-electron chi connectivity index (χ3n) is 8.94. The van der Waals surface area contributed by atoms with Crippen molar-refractivity contribution in [1.29, 1.82) is 5.26 Å². The van der Waals surface area contributed by atoms with Crippen molar-refractivity contribution in [2.24, 2.45) is 0 Å². The lowest BCUT2D eigenvalue weighted by atomic mass is 9.91. The number of aromatic nitrogens is 2. The van der Waals surface area contributed by atoms with Crippen LogP contribution in [0.5, 0.6) is 0 Å². The first-order chi connectivity index (χ1) is 22.8. The molecule has 0 aliphatic carbocycles. The number of fused-ring (bicyclic) bond motifs is 1. The van der Waals surface area contributed by atoms with Crippen LogP contribution in [0.1, 0.15) is 50.6 Å². The minimum atomic E-state index is -4.41. The largest absolute Gasteiger partial charge is 0.406 e. The normalized spacial score (nSPS) is 16.0. The topological polar surface area (TPSA) is 110 Å². The Bertz CT molecular complexity index is 1720.